The highest BCUT2D eigenvalue weighted by atomic mass is 35.5. The van der Waals surface area contributed by atoms with Crippen LogP contribution in [0.5, 0.6) is 0 Å². The summed E-state index contributed by atoms with van der Waals surface area (Å²) < 4.78 is 26.1. The van der Waals surface area contributed by atoms with E-state index in [9.17, 15) is 13.2 Å². The second-order valence-electron chi connectivity index (χ2n) is 8.14. The third-order valence-corrected chi connectivity index (χ3v) is 8.45. The number of carbonyl (C=O) groups is 1. The van der Waals surface area contributed by atoms with Crippen LogP contribution in [0.25, 0.3) is 10.2 Å². The normalized spacial score (nSPS) is 11.9. The lowest BCUT2D eigenvalue weighted by molar-refractivity contribution is -0.118. The van der Waals surface area contributed by atoms with Gasteiger partial charge < -0.3 is 4.90 Å². The van der Waals surface area contributed by atoms with Gasteiger partial charge in [-0.25, -0.2) is 13.4 Å². The summed E-state index contributed by atoms with van der Waals surface area (Å²) in [4.78, 5) is 21.8. The van der Waals surface area contributed by atoms with Crippen molar-refractivity contribution in [1.82, 2.24) is 9.88 Å². The molecule has 0 spiro atoms. The van der Waals surface area contributed by atoms with E-state index >= 15 is 0 Å². The quantitative estimate of drug-likeness (QED) is 0.350. The minimum atomic E-state index is -3.49. The van der Waals surface area contributed by atoms with Gasteiger partial charge in [0.25, 0.3) is 0 Å². The number of aryl methyl sites for hydroxylation is 1. The summed E-state index contributed by atoms with van der Waals surface area (Å²) in [7, 11) is 0.480. The zero-order valence-corrected chi connectivity index (χ0v) is 22.0. The molecule has 0 fully saturated rings. The van der Waals surface area contributed by atoms with E-state index < -0.39 is 9.84 Å². The SMILES string of the molecule is Cc1cc(Cl)cc2sc(N(CCCN(C)C)C(=O)CCCS(=O)(=O)c3ccc(Cl)cc3)nc12. The number of carbonyl (C=O) groups excluding carboxylic acids is 1. The van der Waals surface area contributed by atoms with E-state index in [4.69, 9.17) is 28.2 Å². The second kappa shape index (κ2) is 11.1. The molecule has 0 unspecified atom stereocenters. The number of rotatable bonds is 10. The fourth-order valence-electron chi connectivity index (χ4n) is 3.44. The molecule has 2 aromatic carbocycles. The van der Waals surface area contributed by atoms with Crippen molar-refractivity contribution in [3.63, 3.8) is 0 Å². The summed E-state index contributed by atoms with van der Waals surface area (Å²) in [6, 6.07) is 9.78. The van der Waals surface area contributed by atoms with Crippen molar-refractivity contribution in [1.29, 1.82) is 0 Å². The van der Waals surface area contributed by atoms with Crippen LogP contribution in [0.15, 0.2) is 41.3 Å². The number of thiazole rings is 1. The van der Waals surface area contributed by atoms with Crippen LogP contribution in [0, 0.1) is 6.92 Å². The maximum atomic E-state index is 13.2. The van der Waals surface area contributed by atoms with Gasteiger partial charge in [-0.15, -0.1) is 0 Å². The summed E-state index contributed by atoms with van der Waals surface area (Å²) in [6.45, 7) is 3.27. The topological polar surface area (TPSA) is 70.6 Å². The van der Waals surface area contributed by atoms with Gasteiger partial charge in [-0.05, 0) is 82.4 Å². The molecule has 1 heterocycles. The van der Waals surface area contributed by atoms with Gasteiger partial charge in [-0.2, -0.15) is 0 Å². The summed E-state index contributed by atoms with van der Waals surface area (Å²) >= 11 is 13.5. The van der Waals surface area contributed by atoms with Gasteiger partial charge in [0.2, 0.25) is 5.91 Å². The van der Waals surface area contributed by atoms with Crippen molar-refractivity contribution in [2.24, 2.45) is 0 Å². The van der Waals surface area contributed by atoms with Gasteiger partial charge in [0.05, 0.1) is 20.9 Å². The lowest BCUT2D eigenvalue weighted by atomic mass is 10.2. The van der Waals surface area contributed by atoms with E-state index in [1.165, 1.54) is 23.5 Å². The Morgan fingerprint density at radius 1 is 1.03 bits per heavy atom. The number of nitrogens with zero attached hydrogens (tertiary/aromatic N) is 3. The van der Waals surface area contributed by atoms with Crippen molar-refractivity contribution >= 4 is 65.6 Å². The Hall–Kier alpha value is -1.71. The molecule has 6 nitrogen and oxygen atoms in total. The molecule has 178 valence electrons. The third-order valence-electron chi connectivity index (χ3n) is 5.13. The molecule has 0 aliphatic heterocycles. The Bertz CT molecular complexity index is 1230. The van der Waals surface area contributed by atoms with Gasteiger partial charge in [0, 0.05) is 23.0 Å². The average molecular weight is 529 g/mol. The van der Waals surface area contributed by atoms with E-state index in [0.717, 1.165) is 28.7 Å². The smallest absolute Gasteiger partial charge is 0.228 e. The molecular formula is C23H27Cl2N3O3S2. The Morgan fingerprint density at radius 2 is 1.73 bits per heavy atom. The van der Waals surface area contributed by atoms with Crippen molar-refractivity contribution in [2.75, 3.05) is 37.8 Å². The molecule has 1 amide bonds. The van der Waals surface area contributed by atoms with Gasteiger partial charge in [-0.1, -0.05) is 34.5 Å². The number of amides is 1. The second-order valence-corrected chi connectivity index (χ2v) is 12.1. The van der Waals surface area contributed by atoms with Crippen LogP contribution in [-0.2, 0) is 14.6 Å². The molecule has 3 aromatic rings. The van der Waals surface area contributed by atoms with Crippen molar-refractivity contribution in [3.8, 4) is 0 Å². The fraction of sp³-hybridized carbons (Fsp3) is 0.391. The molecule has 0 N–H and O–H groups in total. The highest BCUT2D eigenvalue weighted by molar-refractivity contribution is 7.91. The summed E-state index contributed by atoms with van der Waals surface area (Å²) in [5, 5.41) is 1.72. The highest BCUT2D eigenvalue weighted by Crippen LogP contribution is 2.33. The average Bonchev–Trinajstić information content (AvgIpc) is 3.15. The van der Waals surface area contributed by atoms with Crippen LogP contribution in [0.2, 0.25) is 10.0 Å². The number of sulfone groups is 1. The minimum Gasteiger partial charge on any atom is -0.309 e. The molecule has 10 heteroatoms. The molecule has 0 atom stereocenters. The maximum Gasteiger partial charge on any atom is 0.228 e. The Labute approximate surface area is 209 Å². The van der Waals surface area contributed by atoms with Crippen molar-refractivity contribution in [2.45, 2.75) is 31.1 Å². The molecule has 33 heavy (non-hydrogen) atoms. The first-order chi connectivity index (χ1) is 15.6. The van der Waals surface area contributed by atoms with Crippen LogP contribution in [0.4, 0.5) is 5.13 Å². The first kappa shape index (κ1) is 25.9. The zero-order chi connectivity index (χ0) is 24.2. The first-order valence-electron chi connectivity index (χ1n) is 10.6. The van der Waals surface area contributed by atoms with Gasteiger partial charge in [0.1, 0.15) is 0 Å². The van der Waals surface area contributed by atoms with Crippen LogP contribution in [-0.4, -0.2) is 57.1 Å². The monoisotopic (exact) mass is 527 g/mol. The Balaban J connectivity index is 1.74. The Morgan fingerprint density at radius 3 is 2.39 bits per heavy atom. The summed E-state index contributed by atoms with van der Waals surface area (Å²) in [5.74, 6) is -0.247. The summed E-state index contributed by atoms with van der Waals surface area (Å²) in [6.07, 6.45) is 1.12. The highest BCUT2D eigenvalue weighted by Gasteiger charge is 2.22. The first-order valence-corrected chi connectivity index (χ1v) is 13.8. The molecule has 0 bridgehead atoms. The molecule has 3 rings (SSSR count). The molecule has 0 aliphatic carbocycles. The molecule has 1 aromatic heterocycles. The number of hydrogen-bond acceptors (Lipinski definition) is 6. The lowest BCUT2D eigenvalue weighted by Gasteiger charge is -2.21. The van der Waals surface area contributed by atoms with E-state index in [2.05, 4.69) is 4.90 Å². The maximum absolute atomic E-state index is 13.2. The number of hydrogen-bond donors (Lipinski definition) is 0. The van der Waals surface area contributed by atoms with Gasteiger partial charge in [0.15, 0.2) is 15.0 Å². The van der Waals surface area contributed by atoms with Crippen LogP contribution in [0.3, 0.4) is 0 Å². The van der Waals surface area contributed by atoms with Crippen LogP contribution >= 0.6 is 34.5 Å². The van der Waals surface area contributed by atoms with E-state index in [1.807, 2.05) is 33.2 Å². The van der Waals surface area contributed by atoms with E-state index in [1.54, 1.807) is 17.0 Å². The van der Waals surface area contributed by atoms with Gasteiger partial charge in [-0.3, -0.25) is 9.69 Å². The van der Waals surface area contributed by atoms with Gasteiger partial charge >= 0.3 is 0 Å². The molecule has 0 saturated carbocycles. The molecule has 0 aliphatic rings. The fourth-order valence-corrected chi connectivity index (χ4v) is 6.34. The number of halogens is 2. The molecule has 0 saturated heterocycles. The molecular weight excluding hydrogens is 501 g/mol. The predicted octanol–water partition coefficient (Wildman–Crippen LogP) is 5.45. The minimum absolute atomic E-state index is 0.111. The predicted molar refractivity (Wildman–Crippen MR) is 138 cm³/mol. The number of aromatic nitrogens is 1. The lowest BCUT2D eigenvalue weighted by Crippen LogP contribution is -2.33. The summed E-state index contributed by atoms with van der Waals surface area (Å²) in [5.41, 5.74) is 1.78. The largest absolute Gasteiger partial charge is 0.309 e. The van der Waals surface area contributed by atoms with Crippen molar-refractivity contribution in [3.05, 3.63) is 52.0 Å². The van der Waals surface area contributed by atoms with Crippen LogP contribution < -0.4 is 4.90 Å². The third kappa shape index (κ3) is 6.90. The number of fused-ring (bicyclic) bond motifs is 1. The van der Waals surface area contributed by atoms with Crippen LogP contribution in [0.1, 0.15) is 24.8 Å². The van der Waals surface area contributed by atoms with Crippen molar-refractivity contribution < 1.29 is 13.2 Å². The molecule has 0 radical (unpaired) electrons. The standard InChI is InChI=1S/C23H27Cl2N3O3S2/c1-16-14-18(25)15-20-22(16)26-23(32-20)28(12-5-11-27(2)3)21(29)6-4-13-33(30,31)19-9-7-17(24)8-10-19/h7-10,14-15H,4-6,11-13H2,1-3H3. The number of anilines is 1. The number of benzene rings is 2. The van der Waals surface area contributed by atoms with E-state index in [-0.39, 0.29) is 29.4 Å². The van der Waals surface area contributed by atoms with E-state index in [0.29, 0.717) is 21.7 Å². The Kier molecular flexibility index (Phi) is 8.75. The zero-order valence-electron chi connectivity index (χ0n) is 18.8.